The van der Waals surface area contributed by atoms with Crippen LogP contribution in [0.3, 0.4) is 0 Å². The molecular formula is C31H44ClNO2. The van der Waals surface area contributed by atoms with Gasteiger partial charge in [-0.05, 0) is 78.2 Å². The number of nitrogens with zero attached hydrogens (tertiary/aromatic N) is 1. The zero-order valence-corrected chi connectivity index (χ0v) is 23.4. The van der Waals surface area contributed by atoms with E-state index in [2.05, 4.69) is 54.5 Å². The Morgan fingerprint density at radius 2 is 1.74 bits per heavy atom. The van der Waals surface area contributed by atoms with Gasteiger partial charge in [-0.1, -0.05) is 84.7 Å². The largest absolute Gasteiger partial charge is 0.388 e. The molecule has 35 heavy (non-hydrogen) atoms. The molecule has 4 heteroatoms. The van der Waals surface area contributed by atoms with Crippen LogP contribution in [-0.2, 0) is 6.42 Å². The van der Waals surface area contributed by atoms with Crippen LogP contribution in [0.2, 0.25) is 5.02 Å². The number of hydrogen-bond acceptors (Lipinski definition) is 3. The summed E-state index contributed by atoms with van der Waals surface area (Å²) >= 11 is 6.08. The molecule has 2 atom stereocenters. The lowest BCUT2D eigenvalue weighted by atomic mass is 9.71. The summed E-state index contributed by atoms with van der Waals surface area (Å²) in [5, 5.41) is 23.4. The number of halogens is 1. The molecule has 0 spiro atoms. The van der Waals surface area contributed by atoms with E-state index in [1.54, 1.807) is 0 Å². The van der Waals surface area contributed by atoms with Gasteiger partial charge in [0.25, 0.3) is 0 Å². The number of pyridine rings is 1. The molecule has 4 rings (SSSR count). The van der Waals surface area contributed by atoms with Crippen molar-refractivity contribution < 1.29 is 10.2 Å². The second kappa shape index (κ2) is 11.6. The number of aliphatic hydroxyl groups is 2. The molecule has 0 bridgehead atoms. The van der Waals surface area contributed by atoms with E-state index >= 15 is 0 Å². The van der Waals surface area contributed by atoms with Crippen molar-refractivity contribution in [3.63, 3.8) is 0 Å². The molecule has 1 aromatic carbocycles. The van der Waals surface area contributed by atoms with E-state index in [4.69, 9.17) is 16.6 Å². The Bertz CT molecular complexity index is 1040. The van der Waals surface area contributed by atoms with Crippen molar-refractivity contribution in [2.24, 2.45) is 11.3 Å². The van der Waals surface area contributed by atoms with Crippen LogP contribution in [0.1, 0.15) is 132 Å². The Morgan fingerprint density at radius 1 is 1.11 bits per heavy atom. The third-order valence-electron chi connectivity index (χ3n) is 7.29. The maximum absolute atomic E-state index is 11.6. The first kappa shape index (κ1) is 27.9. The summed E-state index contributed by atoms with van der Waals surface area (Å²) in [6.07, 6.45) is 6.90. The molecule has 0 saturated heterocycles. The first-order chi connectivity index (χ1) is 16.4. The number of aliphatic hydroxyl groups excluding tert-OH is 2. The maximum atomic E-state index is 11.6. The van der Waals surface area contributed by atoms with Crippen LogP contribution in [0.5, 0.6) is 0 Å². The summed E-state index contributed by atoms with van der Waals surface area (Å²) in [7, 11) is 0. The summed E-state index contributed by atoms with van der Waals surface area (Å²) in [5.74, 6) is 1.05. The molecule has 0 fully saturated rings. The summed E-state index contributed by atoms with van der Waals surface area (Å²) < 4.78 is 0. The maximum Gasteiger partial charge on any atom is 0.106 e. The van der Waals surface area contributed by atoms with E-state index in [1.807, 2.05) is 24.3 Å². The second-order valence-corrected chi connectivity index (χ2v) is 12.2. The zero-order chi connectivity index (χ0) is 25.9. The van der Waals surface area contributed by atoms with Gasteiger partial charge in [0.1, 0.15) is 6.10 Å². The predicted molar refractivity (Wildman–Crippen MR) is 148 cm³/mol. The van der Waals surface area contributed by atoms with Crippen LogP contribution in [0.4, 0.5) is 0 Å². The van der Waals surface area contributed by atoms with Crippen molar-refractivity contribution in [3.05, 3.63) is 69.0 Å². The van der Waals surface area contributed by atoms with Crippen molar-refractivity contribution in [2.45, 2.75) is 105 Å². The van der Waals surface area contributed by atoms with E-state index in [0.717, 1.165) is 65.2 Å². The minimum Gasteiger partial charge on any atom is -0.388 e. The van der Waals surface area contributed by atoms with E-state index in [9.17, 15) is 10.2 Å². The van der Waals surface area contributed by atoms with Crippen LogP contribution in [0.15, 0.2) is 30.3 Å². The van der Waals surface area contributed by atoms with Gasteiger partial charge in [0, 0.05) is 27.5 Å². The molecule has 0 amide bonds. The SMILES string of the molecule is CC(C)c1nc2c(c(C3=CCCC3)c1C(O)c1ccc(Cl)cc1)C(O)CC(C)(C)C2.CCC(C)C. The third kappa shape index (κ3) is 6.56. The minimum absolute atomic E-state index is 0.00526. The van der Waals surface area contributed by atoms with E-state index < -0.39 is 12.2 Å². The van der Waals surface area contributed by atoms with Crippen molar-refractivity contribution in [3.8, 4) is 0 Å². The first-order valence-electron chi connectivity index (χ1n) is 13.3. The highest BCUT2D eigenvalue weighted by Crippen LogP contribution is 2.48. The molecule has 1 heterocycles. The monoisotopic (exact) mass is 497 g/mol. The molecule has 0 saturated carbocycles. The van der Waals surface area contributed by atoms with E-state index in [1.165, 1.54) is 12.0 Å². The number of fused-ring (bicyclic) bond motifs is 1. The number of aromatic nitrogens is 1. The van der Waals surface area contributed by atoms with Crippen LogP contribution < -0.4 is 0 Å². The first-order valence-corrected chi connectivity index (χ1v) is 13.7. The number of benzene rings is 1. The van der Waals surface area contributed by atoms with E-state index in [-0.39, 0.29) is 11.3 Å². The fraction of sp³-hybridized carbons (Fsp3) is 0.581. The highest BCUT2D eigenvalue weighted by molar-refractivity contribution is 6.30. The molecule has 0 radical (unpaired) electrons. The number of allylic oxidation sites excluding steroid dienone is 2. The van der Waals surface area contributed by atoms with Gasteiger partial charge < -0.3 is 10.2 Å². The van der Waals surface area contributed by atoms with Crippen LogP contribution in [-0.4, -0.2) is 15.2 Å². The Balaban J connectivity index is 0.000000623. The Hall–Kier alpha value is -1.68. The summed E-state index contributed by atoms with van der Waals surface area (Å²) in [6.45, 7) is 15.3. The van der Waals surface area contributed by atoms with Gasteiger partial charge in [-0.15, -0.1) is 0 Å². The Kier molecular flexibility index (Phi) is 9.23. The number of hydrogen-bond donors (Lipinski definition) is 2. The quantitative estimate of drug-likeness (QED) is 0.435. The lowest BCUT2D eigenvalue weighted by Crippen LogP contribution is -2.29. The standard InChI is InChI=1S/C26H32ClNO2.C5H12/c1-15(2)24-23(25(30)17-9-11-18(27)12-10-17)21(16-7-5-6-8-16)22-19(28-24)13-26(3,4)14-20(22)29;1-4-5(2)3/h7,9-12,15,20,25,29-30H,5-6,8,13-14H2,1-4H3;5H,4H2,1-3H3. The van der Waals surface area contributed by atoms with Gasteiger partial charge in [-0.25, -0.2) is 0 Å². The minimum atomic E-state index is -0.809. The number of rotatable bonds is 5. The van der Waals surface area contributed by atoms with Gasteiger partial charge >= 0.3 is 0 Å². The molecule has 2 aromatic rings. The van der Waals surface area contributed by atoms with Crippen LogP contribution in [0.25, 0.3) is 5.57 Å². The molecule has 2 aliphatic carbocycles. The van der Waals surface area contributed by atoms with Crippen molar-refractivity contribution in [1.82, 2.24) is 4.98 Å². The average molecular weight is 498 g/mol. The van der Waals surface area contributed by atoms with E-state index in [0.29, 0.717) is 11.4 Å². The molecule has 192 valence electrons. The normalized spacial score (nSPS) is 19.8. The van der Waals surface area contributed by atoms with Gasteiger partial charge in [-0.3, -0.25) is 4.98 Å². The molecule has 2 unspecified atom stereocenters. The highest BCUT2D eigenvalue weighted by Gasteiger charge is 2.38. The highest BCUT2D eigenvalue weighted by atomic mass is 35.5. The average Bonchev–Trinajstić information content (AvgIpc) is 3.32. The summed E-state index contributed by atoms with van der Waals surface area (Å²) in [6, 6.07) is 7.38. The van der Waals surface area contributed by atoms with Gasteiger partial charge in [0.2, 0.25) is 0 Å². The molecule has 3 nitrogen and oxygen atoms in total. The molecule has 1 aromatic heterocycles. The molecular weight excluding hydrogens is 454 g/mol. The van der Waals surface area contributed by atoms with Gasteiger partial charge in [-0.2, -0.15) is 0 Å². The summed E-state index contributed by atoms with van der Waals surface area (Å²) in [5.41, 5.74) is 6.83. The van der Waals surface area contributed by atoms with Gasteiger partial charge in [0.15, 0.2) is 0 Å². The third-order valence-corrected chi connectivity index (χ3v) is 7.54. The van der Waals surface area contributed by atoms with Gasteiger partial charge in [0.05, 0.1) is 6.10 Å². The fourth-order valence-corrected chi connectivity index (χ4v) is 5.23. The fourth-order valence-electron chi connectivity index (χ4n) is 5.10. The molecule has 2 aliphatic rings. The molecule has 0 aliphatic heterocycles. The van der Waals surface area contributed by atoms with Crippen molar-refractivity contribution >= 4 is 17.2 Å². The Morgan fingerprint density at radius 3 is 2.26 bits per heavy atom. The zero-order valence-electron chi connectivity index (χ0n) is 22.7. The van der Waals surface area contributed by atoms with Crippen molar-refractivity contribution in [2.75, 3.05) is 0 Å². The second-order valence-electron chi connectivity index (χ2n) is 11.7. The lowest BCUT2D eigenvalue weighted by molar-refractivity contribution is 0.0972. The van der Waals surface area contributed by atoms with Crippen LogP contribution >= 0.6 is 11.6 Å². The van der Waals surface area contributed by atoms with Crippen LogP contribution in [0, 0.1) is 11.3 Å². The Labute approximate surface area is 217 Å². The van der Waals surface area contributed by atoms with Crippen molar-refractivity contribution in [1.29, 1.82) is 0 Å². The topological polar surface area (TPSA) is 53.4 Å². The lowest BCUT2D eigenvalue weighted by Gasteiger charge is -2.37. The smallest absolute Gasteiger partial charge is 0.106 e. The predicted octanol–water partition coefficient (Wildman–Crippen LogP) is 8.57. The summed E-state index contributed by atoms with van der Waals surface area (Å²) in [4.78, 5) is 5.08. The molecule has 2 N–H and O–H groups in total.